The van der Waals surface area contributed by atoms with Crippen molar-refractivity contribution < 1.29 is 80.2 Å². The van der Waals surface area contributed by atoms with Crippen LogP contribution in [0.3, 0.4) is 0 Å². The highest BCUT2D eigenvalue weighted by molar-refractivity contribution is 7.47. The van der Waals surface area contributed by atoms with Crippen molar-refractivity contribution in [1.82, 2.24) is 0 Å². The number of hydrogen-bond acceptors (Lipinski definition) is 15. The average molecular weight is 1460 g/mol. The molecule has 0 aliphatic carbocycles. The van der Waals surface area contributed by atoms with E-state index in [4.69, 9.17) is 37.0 Å². The molecule has 0 spiro atoms. The summed E-state index contributed by atoms with van der Waals surface area (Å²) in [5, 5.41) is 10.6. The Morgan fingerprint density at radius 2 is 0.460 bits per heavy atom. The number of phosphoric acid groups is 2. The van der Waals surface area contributed by atoms with Gasteiger partial charge in [-0.15, -0.1) is 0 Å². The van der Waals surface area contributed by atoms with Crippen LogP contribution in [0.15, 0.2) is 24.3 Å². The molecule has 100 heavy (non-hydrogen) atoms. The number of esters is 4. The Balaban J connectivity index is 5.30. The SMILES string of the molecule is CCCCCCCC/C=C\CCCCCCCC(=O)OC[C@H](COP(=O)(O)OC[C@H](O)COP(=O)(O)OC[C@@H](COC(=O)CCCCCCCCCCCCCCC)OC(=O)CCCCCCCCCCCCCCCCCCC)OC(=O)CCCCCCC/C=C\CCCCCCCC. The molecule has 0 heterocycles. The van der Waals surface area contributed by atoms with E-state index < -0.39 is 97.5 Å². The molecule has 0 radical (unpaired) electrons. The van der Waals surface area contributed by atoms with Crippen molar-refractivity contribution >= 4 is 39.5 Å². The zero-order valence-corrected chi connectivity index (χ0v) is 66.5. The Hall–Kier alpha value is -2.46. The van der Waals surface area contributed by atoms with Crippen molar-refractivity contribution in [2.75, 3.05) is 39.6 Å². The highest BCUT2D eigenvalue weighted by Crippen LogP contribution is 2.45. The Morgan fingerprint density at radius 1 is 0.270 bits per heavy atom. The molecule has 17 nitrogen and oxygen atoms in total. The van der Waals surface area contributed by atoms with E-state index in [1.165, 1.54) is 212 Å². The summed E-state index contributed by atoms with van der Waals surface area (Å²) in [5.74, 6) is -2.14. The number of ether oxygens (including phenoxy) is 4. The zero-order chi connectivity index (χ0) is 73.2. The fraction of sp³-hybridized carbons (Fsp3) is 0.901. The topological polar surface area (TPSA) is 237 Å². The summed E-state index contributed by atoms with van der Waals surface area (Å²) < 4.78 is 68.7. The van der Waals surface area contributed by atoms with E-state index in [2.05, 4.69) is 52.0 Å². The van der Waals surface area contributed by atoms with Gasteiger partial charge < -0.3 is 33.8 Å². The minimum absolute atomic E-state index is 0.0912. The molecular weight excluding hydrogens is 1310 g/mol. The van der Waals surface area contributed by atoms with Crippen molar-refractivity contribution in [3.8, 4) is 0 Å². The van der Waals surface area contributed by atoms with E-state index in [0.29, 0.717) is 25.7 Å². The van der Waals surface area contributed by atoms with Gasteiger partial charge in [0.25, 0.3) is 0 Å². The predicted octanol–water partition coefficient (Wildman–Crippen LogP) is 24.1. The zero-order valence-electron chi connectivity index (χ0n) is 64.7. The second-order valence-electron chi connectivity index (χ2n) is 28.4. The molecule has 0 aromatic heterocycles. The first-order chi connectivity index (χ1) is 48.7. The van der Waals surface area contributed by atoms with Crippen LogP contribution in [0.2, 0.25) is 0 Å². The van der Waals surface area contributed by atoms with Crippen LogP contribution in [0.25, 0.3) is 0 Å². The average Bonchev–Trinajstić information content (AvgIpc) is 1.11. The Bertz CT molecular complexity index is 1990. The maximum Gasteiger partial charge on any atom is 0.472 e. The van der Waals surface area contributed by atoms with Gasteiger partial charge in [-0.05, 0) is 77.0 Å². The molecule has 0 aromatic rings. The summed E-state index contributed by atoms with van der Waals surface area (Å²) in [6.07, 6.45) is 70.0. The maximum absolute atomic E-state index is 13.1. The van der Waals surface area contributed by atoms with E-state index in [0.717, 1.165) is 122 Å². The van der Waals surface area contributed by atoms with Crippen LogP contribution >= 0.6 is 15.6 Å². The minimum Gasteiger partial charge on any atom is -0.462 e. The maximum atomic E-state index is 13.1. The van der Waals surface area contributed by atoms with Crippen LogP contribution in [0.1, 0.15) is 413 Å². The molecule has 0 amide bonds. The molecule has 19 heteroatoms. The molecule has 5 atom stereocenters. The predicted molar refractivity (Wildman–Crippen MR) is 409 cm³/mol. The lowest BCUT2D eigenvalue weighted by Crippen LogP contribution is -2.30. The van der Waals surface area contributed by atoms with Gasteiger partial charge in [-0.2, -0.15) is 0 Å². The number of allylic oxidation sites excluding steroid dienone is 4. The fourth-order valence-corrected chi connectivity index (χ4v) is 13.6. The van der Waals surface area contributed by atoms with Gasteiger partial charge in [0, 0.05) is 25.7 Å². The number of carbonyl (C=O) groups excluding carboxylic acids is 4. The number of unbranched alkanes of at least 4 members (excludes halogenated alkanes) is 50. The van der Waals surface area contributed by atoms with Crippen LogP contribution in [-0.2, 0) is 65.4 Å². The van der Waals surface area contributed by atoms with Crippen LogP contribution < -0.4 is 0 Å². The lowest BCUT2D eigenvalue weighted by molar-refractivity contribution is -0.161. The minimum atomic E-state index is -4.97. The molecule has 0 aromatic carbocycles. The second kappa shape index (κ2) is 74.8. The summed E-state index contributed by atoms with van der Waals surface area (Å²) >= 11 is 0. The third-order valence-corrected chi connectivity index (χ3v) is 20.3. The molecule has 590 valence electrons. The van der Waals surface area contributed by atoms with Crippen molar-refractivity contribution in [3.63, 3.8) is 0 Å². The Kier molecular flexibility index (Phi) is 73.0. The lowest BCUT2D eigenvalue weighted by atomic mass is 10.0. The van der Waals surface area contributed by atoms with Crippen molar-refractivity contribution in [2.24, 2.45) is 0 Å². The number of rotatable bonds is 80. The largest absolute Gasteiger partial charge is 0.472 e. The van der Waals surface area contributed by atoms with Gasteiger partial charge in [0.2, 0.25) is 0 Å². The quantitative estimate of drug-likeness (QED) is 0.0169. The molecule has 0 aliphatic heterocycles. The van der Waals surface area contributed by atoms with Crippen molar-refractivity contribution in [2.45, 2.75) is 431 Å². The standard InChI is InChI=1S/C81H154O17P2/c1-5-9-13-17-21-25-29-33-36-37-40-44-48-52-56-60-64-68-81(86)98-76(71-91-78(83)65-61-57-53-49-45-41-32-28-24-20-16-12-8-4)73-95-99(87,88)93-69-75(82)70-94-100(89,90)96-74-77(97-80(85)67-63-59-55-51-47-43-39-35-31-27-23-19-15-11-7-3)72-92-79(84)66-62-58-54-50-46-42-38-34-30-26-22-18-14-10-6-2/h34-35,38-39,75-77,82H,5-33,36-37,40-74H2,1-4H3,(H,87,88)(H,89,90)/b38-34-,39-35-/t75-,76-,77-/m1/s1. The molecule has 0 aliphatic rings. The third-order valence-electron chi connectivity index (χ3n) is 18.4. The number of aliphatic hydroxyl groups excluding tert-OH is 1. The first kappa shape index (κ1) is 97.5. The van der Waals surface area contributed by atoms with Crippen LogP contribution in [0.4, 0.5) is 0 Å². The van der Waals surface area contributed by atoms with Gasteiger partial charge in [0.05, 0.1) is 26.4 Å². The molecule has 0 fully saturated rings. The number of hydrogen-bond donors (Lipinski definition) is 3. The first-order valence-electron chi connectivity index (χ1n) is 41.6. The lowest BCUT2D eigenvalue weighted by Gasteiger charge is -2.21. The van der Waals surface area contributed by atoms with Crippen molar-refractivity contribution in [1.29, 1.82) is 0 Å². The number of aliphatic hydroxyl groups is 1. The summed E-state index contributed by atoms with van der Waals surface area (Å²) in [6.45, 7) is 4.97. The van der Waals surface area contributed by atoms with Crippen LogP contribution in [-0.4, -0.2) is 96.7 Å². The molecule has 0 saturated heterocycles. The second-order valence-corrected chi connectivity index (χ2v) is 31.3. The fourth-order valence-electron chi connectivity index (χ4n) is 12.0. The molecule has 3 N–H and O–H groups in total. The first-order valence-corrected chi connectivity index (χ1v) is 44.6. The molecule has 2 unspecified atom stereocenters. The summed E-state index contributed by atoms with van der Waals surface area (Å²) in [6, 6.07) is 0. The van der Waals surface area contributed by atoms with Crippen molar-refractivity contribution in [3.05, 3.63) is 24.3 Å². The molecule has 0 saturated carbocycles. The van der Waals surface area contributed by atoms with Crippen LogP contribution in [0, 0.1) is 0 Å². The summed E-state index contributed by atoms with van der Waals surface area (Å²) in [7, 11) is -9.93. The third kappa shape index (κ3) is 73.8. The number of carbonyl (C=O) groups is 4. The molecule has 0 rings (SSSR count). The van der Waals surface area contributed by atoms with E-state index in [1.807, 2.05) is 0 Å². The Morgan fingerprint density at radius 3 is 0.690 bits per heavy atom. The van der Waals surface area contributed by atoms with Gasteiger partial charge in [-0.25, -0.2) is 9.13 Å². The Labute approximate surface area is 612 Å². The van der Waals surface area contributed by atoms with Gasteiger partial charge in [0.1, 0.15) is 19.3 Å². The number of phosphoric ester groups is 2. The van der Waals surface area contributed by atoms with E-state index in [-0.39, 0.29) is 25.7 Å². The monoisotopic (exact) mass is 1460 g/mol. The van der Waals surface area contributed by atoms with E-state index in [1.54, 1.807) is 0 Å². The summed E-state index contributed by atoms with van der Waals surface area (Å²) in [5.41, 5.74) is 0. The van der Waals surface area contributed by atoms with Gasteiger partial charge in [0.15, 0.2) is 12.2 Å². The summed E-state index contributed by atoms with van der Waals surface area (Å²) in [4.78, 5) is 73.0. The van der Waals surface area contributed by atoms with Gasteiger partial charge in [-0.3, -0.25) is 37.3 Å². The normalized spacial score (nSPS) is 13.9. The smallest absolute Gasteiger partial charge is 0.462 e. The van der Waals surface area contributed by atoms with Gasteiger partial charge in [-0.1, -0.05) is 335 Å². The highest BCUT2D eigenvalue weighted by atomic mass is 31.2. The molecule has 0 bridgehead atoms. The van der Waals surface area contributed by atoms with Gasteiger partial charge >= 0.3 is 39.5 Å². The van der Waals surface area contributed by atoms with E-state index >= 15 is 0 Å². The van der Waals surface area contributed by atoms with E-state index in [9.17, 15) is 43.2 Å². The highest BCUT2D eigenvalue weighted by Gasteiger charge is 2.30. The van der Waals surface area contributed by atoms with Crippen LogP contribution in [0.5, 0.6) is 0 Å². The molecular formula is C81H154O17P2.